The SMILES string of the molecule is CC(=O)N[C@H]1[C@H](O[C@H]2[C@H](O)[C@@H](NC(C)=O)C(O)O[C@@H]2CO)O[C@H](CO)[C@@H](O[C@@H]2O[C@H](CO[C@H]3O[C@H](CO)[C@@H](O)[C@H](O)[C@@H]3O[C@@H]3O[C@H](CO)[C@@H](O)[C@H](O)[C@H]3NC(C)=O)[C@@H](O)[C@H](O[C@H]3O[C@H](CO)[C@@H](O)[C@H](O)[C@@H]3O[C@@H]3O[C@H](CO)[C@@H](O[C@@H]4O[C@H](CO[C@]5(C(=O)O)C[C@H](O)[C@@H](NC(C)=O)[C@H]([C@H](O)[C@H](O)CO)O5)[C@H](O)[C@H](O)[C@H]4O)[C@H](O)[C@H]3NC(C)=O)[C@@H]2O)[C@@H]1O. The number of carboxylic acid groups (broad SMARTS) is 1. The Labute approximate surface area is 684 Å². The topological polar surface area (TPSA) is 845 Å². The number of carbonyl (C=O) groups is 6. The van der Waals surface area contributed by atoms with Crippen molar-refractivity contribution in [2.75, 3.05) is 59.5 Å². The summed E-state index contributed by atoms with van der Waals surface area (Å²) in [5.41, 5.74) is 0. The van der Waals surface area contributed by atoms with Gasteiger partial charge in [-0.15, -0.1) is 0 Å². The number of hydrogen-bond acceptors (Lipinski definition) is 48. The molecule has 9 saturated heterocycles. The van der Waals surface area contributed by atoms with Crippen molar-refractivity contribution >= 4 is 35.5 Å². The number of rotatable bonds is 33. The van der Waals surface area contributed by atoms with Crippen LogP contribution in [0.2, 0.25) is 0 Å². The summed E-state index contributed by atoms with van der Waals surface area (Å²) in [7, 11) is 0. The highest BCUT2D eigenvalue weighted by molar-refractivity contribution is 5.77. The van der Waals surface area contributed by atoms with Crippen molar-refractivity contribution in [3.8, 4) is 0 Å². The zero-order valence-electron chi connectivity index (χ0n) is 65.1. The fourth-order valence-corrected chi connectivity index (χ4v) is 15.4. The Kier molecular flexibility index (Phi) is 35.7. The van der Waals surface area contributed by atoms with Crippen LogP contribution in [0.3, 0.4) is 0 Å². The maximum Gasteiger partial charge on any atom is 0.364 e. The van der Waals surface area contributed by atoms with E-state index in [1.807, 2.05) is 0 Å². The van der Waals surface area contributed by atoms with Gasteiger partial charge in [0.1, 0.15) is 213 Å². The quantitative estimate of drug-likeness (QED) is 0.0290. The lowest BCUT2D eigenvalue weighted by atomic mass is 9.88. The van der Waals surface area contributed by atoms with Crippen LogP contribution in [0, 0.1) is 0 Å². The average molecular weight is 1770 g/mol. The standard InChI is InChI=1S/C67H111N5O49/c1-16(80)68-31-21(85)6-67(66(103)104,121-54(31)36(87)22(86)7-73)106-15-30-40(91)46(97)49(100)62(114-30)116-52-27(12-78)112-61(35(45(52)96)72-20(5)84)120-57-48(99)39(90)25(10-76)110-65(57)118-55-41(92)29(14-105-64-56(47(98)38(89)24(9-75)109-64)119-59-33(70-18(3)82)42(93)37(88)23(8-74)108-59)113-63(50(55)101)117-53-28(13-79)111-60(34(44(53)95)71-19(4)83)115-51-26(11-77)107-58(102)32(43(51)94)69-17(2)81/h21-65,73-79,85-102H,6-15H2,1-5H3,(H,68,80)(H,69,81)(H,70,82)(H,71,83)(H,72,84)(H,103,104)/t21-,22+,23+,24+,25+,26+,27+,28+,29+,30+,31+,32+,33+,34+,35+,36+,37+,38+,39+,40-,41+,42+,43+,44+,45+,46-,47-,48-,49+,50-,51+,52+,53+,54+,55-,56-,57-,58?,59-,60-,61-,62-,63-,64-,65+,67+/m0/s1. The Morgan fingerprint density at radius 1 is 0.339 bits per heavy atom. The minimum atomic E-state index is -3.09. The summed E-state index contributed by atoms with van der Waals surface area (Å²) in [4.78, 5) is 75.9. The third-order valence-corrected chi connectivity index (χ3v) is 21.7. The number of carbonyl (C=O) groups excluding carboxylic acids is 5. The van der Waals surface area contributed by atoms with Gasteiger partial charge < -0.3 is 240 Å². The first-order chi connectivity index (χ1) is 57.0. The van der Waals surface area contributed by atoms with Crippen LogP contribution in [0.15, 0.2) is 0 Å². The van der Waals surface area contributed by atoms with Crippen molar-refractivity contribution in [1.29, 1.82) is 0 Å². The monoisotopic (exact) mass is 1770 g/mol. The van der Waals surface area contributed by atoms with Crippen molar-refractivity contribution in [3.63, 3.8) is 0 Å². The van der Waals surface area contributed by atoms with E-state index in [-0.39, 0.29) is 0 Å². The summed E-state index contributed by atoms with van der Waals surface area (Å²) in [5, 5.41) is 302. The number of hydrogen-bond donors (Lipinski definition) is 31. The number of nitrogens with one attached hydrogen (secondary N) is 5. The highest BCUT2D eigenvalue weighted by Gasteiger charge is 2.62. The summed E-state index contributed by atoms with van der Waals surface area (Å²) in [6.45, 7) is -5.64. The predicted octanol–water partition coefficient (Wildman–Crippen LogP) is -20.7. The first-order valence-electron chi connectivity index (χ1n) is 38.2. The first kappa shape index (κ1) is 99.9. The van der Waals surface area contributed by atoms with E-state index in [1.54, 1.807) is 0 Å². The van der Waals surface area contributed by atoms with Gasteiger partial charge in [0.2, 0.25) is 29.5 Å². The van der Waals surface area contributed by atoms with E-state index in [4.69, 9.17) is 80.5 Å². The van der Waals surface area contributed by atoms with Crippen LogP contribution in [0.25, 0.3) is 0 Å². The molecule has 0 bridgehead atoms. The van der Waals surface area contributed by atoms with E-state index in [0.717, 1.165) is 34.6 Å². The lowest BCUT2D eigenvalue weighted by molar-refractivity contribution is -0.399. The van der Waals surface area contributed by atoms with Crippen molar-refractivity contribution in [3.05, 3.63) is 0 Å². The average Bonchev–Trinajstić information content (AvgIpc) is 0.755. The molecule has 698 valence electrons. The summed E-state index contributed by atoms with van der Waals surface area (Å²) >= 11 is 0. The minimum absolute atomic E-state index is 0.798. The predicted molar refractivity (Wildman–Crippen MR) is 372 cm³/mol. The second-order valence-electron chi connectivity index (χ2n) is 30.4. The van der Waals surface area contributed by atoms with Gasteiger partial charge in [-0.25, -0.2) is 4.79 Å². The molecule has 0 spiro atoms. The smallest absolute Gasteiger partial charge is 0.364 e. The van der Waals surface area contributed by atoms with Crippen LogP contribution in [0.1, 0.15) is 41.0 Å². The molecule has 9 aliphatic rings. The van der Waals surface area contributed by atoms with Gasteiger partial charge in [0, 0.05) is 41.0 Å². The van der Waals surface area contributed by atoms with Gasteiger partial charge in [0.05, 0.1) is 71.6 Å². The molecule has 54 heteroatoms. The van der Waals surface area contributed by atoms with Crippen molar-refractivity contribution < 1.29 is 242 Å². The van der Waals surface area contributed by atoms with Crippen LogP contribution in [0.5, 0.6) is 0 Å². The van der Waals surface area contributed by atoms with Crippen molar-refractivity contribution in [2.24, 2.45) is 0 Å². The van der Waals surface area contributed by atoms with Crippen molar-refractivity contribution in [2.45, 2.75) is 323 Å². The summed E-state index contributed by atoms with van der Waals surface area (Å²) in [5.74, 6) is -9.64. The largest absolute Gasteiger partial charge is 0.477 e. The van der Waals surface area contributed by atoms with E-state index in [0.29, 0.717) is 0 Å². The number of ether oxygens (including phenoxy) is 17. The van der Waals surface area contributed by atoms with Crippen molar-refractivity contribution in [1.82, 2.24) is 26.6 Å². The molecule has 9 heterocycles. The molecule has 1 unspecified atom stereocenters. The molecule has 0 saturated carbocycles. The molecule has 46 atom stereocenters. The number of aliphatic carboxylic acids is 1. The normalized spacial score (nSPS) is 46.6. The van der Waals surface area contributed by atoms with Crippen LogP contribution < -0.4 is 26.6 Å². The van der Waals surface area contributed by atoms with Gasteiger partial charge in [-0.05, 0) is 0 Å². The van der Waals surface area contributed by atoms with Gasteiger partial charge in [-0.2, -0.15) is 0 Å². The van der Waals surface area contributed by atoms with E-state index in [9.17, 15) is 162 Å². The van der Waals surface area contributed by atoms with Crippen LogP contribution in [0.4, 0.5) is 0 Å². The molecular formula is C67H111N5O49. The summed E-state index contributed by atoms with van der Waals surface area (Å²) in [6, 6.07) is -9.13. The molecule has 31 N–H and O–H groups in total. The van der Waals surface area contributed by atoms with E-state index in [1.165, 1.54) is 0 Å². The van der Waals surface area contributed by atoms with E-state index >= 15 is 0 Å². The third kappa shape index (κ3) is 22.5. The van der Waals surface area contributed by atoms with Gasteiger partial charge in [-0.3, -0.25) is 24.0 Å². The maximum atomic E-state index is 13.2. The lowest BCUT2D eigenvalue weighted by Gasteiger charge is -2.51. The Morgan fingerprint density at radius 3 is 1.12 bits per heavy atom. The van der Waals surface area contributed by atoms with Crippen LogP contribution in [-0.4, -0.2) is 509 Å². The number of aliphatic hydroxyl groups is 25. The molecule has 9 aliphatic heterocycles. The summed E-state index contributed by atoms with van der Waals surface area (Å²) in [6.07, 6.45) is -87.4. The first-order valence-corrected chi connectivity index (χ1v) is 38.2. The molecule has 9 rings (SSSR count). The van der Waals surface area contributed by atoms with E-state index in [2.05, 4.69) is 26.6 Å². The maximum absolute atomic E-state index is 13.2. The molecular weight excluding hydrogens is 1660 g/mol. The Morgan fingerprint density at radius 2 is 0.678 bits per heavy atom. The molecule has 5 amide bonds. The third-order valence-electron chi connectivity index (χ3n) is 21.7. The molecule has 121 heavy (non-hydrogen) atoms. The number of amides is 5. The van der Waals surface area contributed by atoms with Gasteiger partial charge in [0.15, 0.2) is 50.3 Å². The van der Waals surface area contributed by atoms with Gasteiger partial charge in [0.25, 0.3) is 5.79 Å². The molecule has 9 fully saturated rings. The fraction of sp³-hybridized carbons (Fsp3) is 0.910. The number of carboxylic acids is 1. The molecule has 0 aromatic heterocycles. The van der Waals surface area contributed by atoms with Gasteiger partial charge in [-0.1, -0.05) is 0 Å². The Bertz CT molecular complexity index is 3340. The molecule has 0 aliphatic carbocycles. The molecule has 0 aromatic rings. The highest BCUT2D eigenvalue weighted by atomic mass is 16.8. The zero-order valence-corrected chi connectivity index (χ0v) is 65.1. The zero-order chi connectivity index (χ0) is 89.6. The Hall–Kier alpha value is -4.86. The highest BCUT2D eigenvalue weighted by Crippen LogP contribution is 2.41. The molecule has 0 aromatic carbocycles. The number of aliphatic hydroxyl groups excluding tert-OH is 25. The lowest BCUT2D eigenvalue weighted by Crippen LogP contribution is -2.71. The minimum Gasteiger partial charge on any atom is -0.477 e. The molecule has 0 radical (unpaired) electrons. The summed E-state index contributed by atoms with van der Waals surface area (Å²) < 4.78 is 101. The van der Waals surface area contributed by atoms with Crippen LogP contribution >= 0.6 is 0 Å². The van der Waals surface area contributed by atoms with Crippen LogP contribution in [-0.2, 0) is 109 Å². The fourth-order valence-electron chi connectivity index (χ4n) is 15.4. The van der Waals surface area contributed by atoms with E-state index < -0.39 is 383 Å². The Balaban J connectivity index is 1.03. The second kappa shape index (κ2) is 43.3. The molecule has 54 nitrogen and oxygen atoms in total. The second-order valence-corrected chi connectivity index (χ2v) is 30.4. The van der Waals surface area contributed by atoms with Gasteiger partial charge >= 0.3 is 5.97 Å².